The molecule has 0 amide bonds. The van der Waals surface area contributed by atoms with Crippen LogP contribution in [-0.4, -0.2) is 26.0 Å². The molecule has 1 aromatic heterocycles. The van der Waals surface area contributed by atoms with Crippen molar-refractivity contribution in [1.29, 1.82) is 0 Å². The van der Waals surface area contributed by atoms with Gasteiger partial charge in [-0.05, 0) is 55.4 Å². The Morgan fingerprint density at radius 1 is 1.07 bits per heavy atom. The Morgan fingerprint density at radius 3 is 2.52 bits per heavy atom. The second-order valence-corrected chi connectivity index (χ2v) is 8.14. The molecule has 0 spiro atoms. The van der Waals surface area contributed by atoms with Crippen LogP contribution in [0.3, 0.4) is 0 Å². The lowest BCUT2D eigenvalue weighted by atomic mass is 10.1. The molecule has 8 heteroatoms. The first-order valence-corrected chi connectivity index (χ1v) is 10.4. The summed E-state index contributed by atoms with van der Waals surface area (Å²) in [5, 5.41) is 3.00. The van der Waals surface area contributed by atoms with E-state index in [0.29, 0.717) is 25.5 Å². The van der Waals surface area contributed by atoms with Gasteiger partial charge < -0.3 is 10.1 Å². The van der Waals surface area contributed by atoms with Gasteiger partial charge in [0.1, 0.15) is 5.82 Å². The van der Waals surface area contributed by atoms with Gasteiger partial charge in [0.05, 0.1) is 17.2 Å². The van der Waals surface area contributed by atoms with Crippen LogP contribution in [0.25, 0.3) is 11.3 Å². The third kappa shape index (κ3) is 5.05. The number of rotatable bonds is 8. The normalized spacial score (nSPS) is 11.3. The van der Waals surface area contributed by atoms with Crippen LogP contribution in [0.5, 0.6) is 0 Å². The second-order valence-electron chi connectivity index (χ2n) is 6.33. The Labute approximate surface area is 177 Å². The number of nitrogens with zero attached hydrogens (tertiary/aromatic N) is 1. The summed E-state index contributed by atoms with van der Waals surface area (Å²) in [5.74, 6) is -0.474. The van der Waals surface area contributed by atoms with E-state index in [2.05, 4.69) is 5.32 Å². The highest BCUT2D eigenvalue weighted by atomic mass is 35.5. The van der Waals surface area contributed by atoms with Gasteiger partial charge in [0.25, 0.3) is 10.0 Å². The summed E-state index contributed by atoms with van der Waals surface area (Å²) < 4.78 is 47.7. The van der Waals surface area contributed by atoms with E-state index in [9.17, 15) is 12.8 Å². The maximum absolute atomic E-state index is 14.4. The molecule has 0 aliphatic rings. The Bertz CT molecular complexity index is 1070. The van der Waals surface area contributed by atoms with Crippen LogP contribution in [0.15, 0.2) is 65.7 Å². The number of hydrogen-bond acceptors (Lipinski definition) is 4. The first-order valence-electron chi connectivity index (χ1n) is 9.00. The minimum Gasteiger partial charge on any atom is -0.377 e. The molecule has 29 heavy (non-hydrogen) atoms. The zero-order chi connectivity index (χ0) is 20.1. The number of hydrogen-bond donors (Lipinski definition) is 1. The van der Waals surface area contributed by atoms with E-state index in [-0.39, 0.29) is 22.9 Å². The van der Waals surface area contributed by atoms with Crippen molar-refractivity contribution in [3.05, 3.63) is 77.7 Å². The van der Waals surface area contributed by atoms with E-state index in [1.165, 1.54) is 18.3 Å². The maximum atomic E-state index is 14.4. The van der Waals surface area contributed by atoms with Gasteiger partial charge in [0.2, 0.25) is 0 Å². The highest BCUT2D eigenvalue weighted by molar-refractivity contribution is 7.90. The molecule has 0 unspecified atom stereocenters. The molecule has 0 aliphatic heterocycles. The number of aromatic nitrogens is 1. The summed E-state index contributed by atoms with van der Waals surface area (Å²) in [6, 6.07) is 14.5. The Balaban J connectivity index is 0.00000300. The molecule has 0 bridgehead atoms. The van der Waals surface area contributed by atoms with Gasteiger partial charge in [-0.2, -0.15) is 0 Å². The van der Waals surface area contributed by atoms with E-state index in [1.54, 1.807) is 43.4 Å². The maximum Gasteiger partial charge on any atom is 0.268 e. The van der Waals surface area contributed by atoms with E-state index in [4.69, 9.17) is 4.74 Å². The van der Waals surface area contributed by atoms with Gasteiger partial charge >= 0.3 is 0 Å². The SMILES string of the molecule is CCOCc1cccc(S(=O)(=O)n2cc(CNC)cc2-c2ccccc2F)c1.Cl. The summed E-state index contributed by atoms with van der Waals surface area (Å²) >= 11 is 0. The minimum absolute atomic E-state index is 0. The fourth-order valence-electron chi connectivity index (χ4n) is 2.99. The van der Waals surface area contributed by atoms with Crippen LogP contribution < -0.4 is 5.32 Å². The number of benzene rings is 2. The monoisotopic (exact) mass is 438 g/mol. The van der Waals surface area contributed by atoms with Crippen molar-refractivity contribution in [1.82, 2.24) is 9.29 Å². The van der Waals surface area contributed by atoms with Crippen LogP contribution in [0, 0.1) is 5.82 Å². The third-order valence-electron chi connectivity index (χ3n) is 4.30. The van der Waals surface area contributed by atoms with Crippen molar-refractivity contribution >= 4 is 22.4 Å². The van der Waals surface area contributed by atoms with Gasteiger partial charge in [-0.25, -0.2) is 16.8 Å². The van der Waals surface area contributed by atoms with Gasteiger partial charge in [-0.15, -0.1) is 12.4 Å². The largest absolute Gasteiger partial charge is 0.377 e. The van der Waals surface area contributed by atoms with E-state index >= 15 is 0 Å². The summed E-state index contributed by atoms with van der Waals surface area (Å²) in [7, 11) is -2.14. The summed E-state index contributed by atoms with van der Waals surface area (Å²) in [5.41, 5.74) is 2.03. The van der Waals surface area contributed by atoms with E-state index in [1.807, 2.05) is 13.0 Å². The van der Waals surface area contributed by atoms with Crippen LogP contribution in [0.1, 0.15) is 18.1 Å². The van der Waals surface area contributed by atoms with E-state index < -0.39 is 15.8 Å². The van der Waals surface area contributed by atoms with Gasteiger partial charge in [0.15, 0.2) is 0 Å². The highest BCUT2D eigenvalue weighted by Crippen LogP contribution is 2.29. The van der Waals surface area contributed by atoms with Crippen LogP contribution in [0.4, 0.5) is 4.39 Å². The standard InChI is InChI=1S/C21H23FN2O3S.ClH/c1-3-27-15-16-7-6-8-18(11-16)28(25,26)24-14-17(13-23-2)12-21(24)19-9-4-5-10-20(19)22;/h4-12,14,23H,3,13,15H2,1-2H3;1H. The second kappa shape index (κ2) is 10.0. The van der Waals surface area contributed by atoms with Gasteiger partial charge in [-0.3, -0.25) is 0 Å². The van der Waals surface area contributed by atoms with E-state index in [0.717, 1.165) is 15.1 Å². The predicted octanol–water partition coefficient (Wildman–Crippen LogP) is 4.21. The molecular formula is C21H24ClFN2O3S. The van der Waals surface area contributed by atoms with Gasteiger partial charge in [-0.1, -0.05) is 24.3 Å². The summed E-state index contributed by atoms with van der Waals surface area (Å²) in [6.45, 7) is 3.22. The molecule has 0 saturated carbocycles. The van der Waals surface area contributed by atoms with Crippen molar-refractivity contribution < 1.29 is 17.5 Å². The lowest BCUT2D eigenvalue weighted by Crippen LogP contribution is -2.14. The fraction of sp³-hybridized carbons (Fsp3) is 0.238. The van der Waals surface area contributed by atoms with Crippen molar-refractivity contribution in [2.24, 2.45) is 0 Å². The third-order valence-corrected chi connectivity index (χ3v) is 5.97. The van der Waals surface area contributed by atoms with Crippen LogP contribution >= 0.6 is 12.4 Å². The molecule has 0 radical (unpaired) electrons. The molecule has 3 rings (SSSR count). The molecule has 1 heterocycles. The van der Waals surface area contributed by atoms with Gasteiger partial charge in [0, 0.05) is 24.9 Å². The topological polar surface area (TPSA) is 60.3 Å². The molecule has 2 aromatic carbocycles. The molecule has 0 atom stereocenters. The molecule has 1 N–H and O–H groups in total. The smallest absolute Gasteiger partial charge is 0.268 e. The zero-order valence-corrected chi connectivity index (χ0v) is 17.9. The lowest BCUT2D eigenvalue weighted by Gasteiger charge is -2.12. The summed E-state index contributed by atoms with van der Waals surface area (Å²) in [4.78, 5) is 0.133. The molecule has 3 aromatic rings. The van der Waals surface area contributed by atoms with Crippen molar-refractivity contribution in [2.75, 3.05) is 13.7 Å². The number of halogens is 2. The predicted molar refractivity (Wildman–Crippen MR) is 114 cm³/mol. The van der Waals surface area contributed by atoms with Crippen molar-refractivity contribution in [3.8, 4) is 11.3 Å². The molecule has 156 valence electrons. The van der Waals surface area contributed by atoms with Crippen LogP contribution in [-0.2, 0) is 27.9 Å². The zero-order valence-electron chi connectivity index (χ0n) is 16.3. The average Bonchev–Trinajstić information content (AvgIpc) is 3.12. The number of nitrogens with one attached hydrogen (secondary N) is 1. The first kappa shape index (κ1) is 23.1. The quantitative estimate of drug-likeness (QED) is 0.572. The molecule has 0 saturated heterocycles. The molecule has 0 aliphatic carbocycles. The molecule has 5 nitrogen and oxygen atoms in total. The Hall–Kier alpha value is -2.19. The lowest BCUT2D eigenvalue weighted by molar-refractivity contribution is 0.134. The minimum atomic E-state index is -3.91. The van der Waals surface area contributed by atoms with Crippen molar-refractivity contribution in [2.45, 2.75) is 25.0 Å². The highest BCUT2D eigenvalue weighted by Gasteiger charge is 2.23. The molecule has 0 fully saturated rings. The number of ether oxygens (including phenoxy) is 1. The summed E-state index contributed by atoms with van der Waals surface area (Å²) in [6.07, 6.45) is 1.53. The Kier molecular flexibility index (Phi) is 7.98. The van der Waals surface area contributed by atoms with Crippen LogP contribution in [0.2, 0.25) is 0 Å². The molecular weight excluding hydrogens is 415 g/mol. The fourth-order valence-corrected chi connectivity index (χ4v) is 4.45. The first-order chi connectivity index (χ1) is 13.5. The Morgan fingerprint density at radius 2 is 1.83 bits per heavy atom. The average molecular weight is 439 g/mol. The van der Waals surface area contributed by atoms with Crippen molar-refractivity contribution in [3.63, 3.8) is 0 Å².